The van der Waals surface area contributed by atoms with Crippen LogP contribution in [0.2, 0.25) is 0 Å². The summed E-state index contributed by atoms with van der Waals surface area (Å²) in [6, 6.07) is 0. The summed E-state index contributed by atoms with van der Waals surface area (Å²) >= 11 is 0. The largest absolute Gasteiger partial charge is 0.419 e. The van der Waals surface area contributed by atoms with E-state index in [-0.39, 0.29) is 6.54 Å². The second kappa shape index (κ2) is 2.98. The third-order valence-corrected chi connectivity index (χ3v) is 1.70. The average Bonchev–Trinajstić information content (AvgIpc) is 2.71. The van der Waals surface area contributed by atoms with E-state index >= 15 is 0 Å². The summed E-state index contributed by atoms with van der Waals surface area (Å²) in [6.45, 7) is 2.14. The Hall–Kier alpha value is -1.69. The molecule has 2 aromatic rings. The van der Waals surface area contributed by atoms with Crippen molar-refractivity contribution < 1.29 is 4.42 Å². The summed E-state index contributed by atoms with van der Waals surface area (Å²) in [5.74, 6) is 0.877. The zero-order valence-electron chi connectivity index (χ0n) is 7.11. The van der Waals surface area contributed by atoms with Gasteiger partial charge in [-0.25, -0.2) is 0 Å². The fourth-order valence-corrected chi connectivity index (χ4v) is 1.01. The lowest BCUT2D eigenvalue weighted by molar-refractivity contribution is 0.508. The van der Waals surface area contributed by atoms with Gasteiger partial charge in [0, 0.05) is 5.69 Å². The number of rotatable bonds is 2. The third-order valence-electron chi connectivity index (χ3n) is 1.70. The van der Waals surface area contributed by atoms with Gasteiger partial charge in [0.25, 0.3) is 5.89 Å². The minimum atomic E-state index is 0.254. The quantitative estimate of drug-likeness (QED) is 0.688. The topological polar surface area (TPSA) is 93.6 Å². The van der Waals surface area contributed by atoms with E-state index < -0.39 is 0 Å². The van der Waals surface area contributed by atoms with E-state index in [2.05, 4.69) is 20.4 Å². The molecule has 0 aromatic carbocycles. The highest BCUT2D eigenvalue weighted by Crippen LogP contribution is 2.18. The number of nitrogens with two attached hydrogens (primary N) is 1. The predicted molar refractivity (Wildman–Crippen MR) is 44.5 cm³/mol. The lowest BCUT2D eigenvalue weighted by Gasteiger charge is -1.88. The molecule has 0 aliphatic rings. The van der Waals surface area contributed by atoms with Gasteiger partial charge in [-0.05, 0) is 6.92 Å². The number of nitrogens with zero attached hydrogens (tertiary/aromatic N) is 3. The van der Waals surface area contributed by atoms with Gasteiger partial charge in [0.05, 0.1) is 18.3 Å². The zero-order chi connectivity index (χ0) is 9.26. The molecule has 0 fully saturated rings. The first-order valence-electron chi connectivity index (χ1n) is 3.84. The molecule has 0 atom stereocenters. The van der Waals surface area contributed by atoms with Crippen LogP contribution in [0.4, 0.5) is 0 Å². The molecule has 0 radical (unpaired) electrons. The first-order chi connectivity index (χ1) is 6.31. The highest BCUT2D eigenvalue weighted by molar-refractivity contribution is 5.53. The fourth-order valence-electron chi connectivity index (χ4n) is 1.01. The number of hydrogen-bond acceptors (Lipinski definition) is 5. The molecule has 2 rings (SSSR count). The molecular formula is C7H9N5O. The van der Waals surface area contributed by atoms with Crippen LogP contribution in [0.25, 0.3) is 11.5 Å². The van der Waals surface area contributed by atoms with Gasteiger partial charge in [-0.15, -0.1) is 10.2 Å². The van der Waals surface area contributed by atoms with Gasteiger partial charge in [-0.1, -0.05) is 0 Å². The second-order valence-corrected chi connectivity index (χ2v) is 2.61. The monoisotopic (exact) mass is 179 g/mol. The lowest BCUT2D eigenvalue weighted by Crippen LogP contribution is -1.95. The smallest absolute Gasteiger partial charge is 0.251 e. The standard InChI is InChI=1S/C7H9N5O/c1-4-5(3-9-10-4)7-12-11-6(2-8)13-7/h3H,2,8H2,1H3,(H,9,10). The highest BCUT2D eigenvalue weighted by Gasteiger charge is 2.10. The molecule has 0 aliphatic heterocycles. The van der Waals surface area contributed by atoms with Crippen molar-refractivity contribution in [3.05, 3.63) is 17.8 Å². The Morgan fingerprint density at radius 2 is 2.38 bits per heavy atom. The number of nitrogens with one attached hydrogen (secondary N) is 1. The van der Waals surface area contributed by atoms with Crippen molar-refractivity contribution in [1.29, 1.82) is 0 Å². The molecule has 0 unspecified atom stereocenters. The Morgan fingerprint density at radius 3 is 2.92 bits per heavy atom. The van der Waals surface area contributed by atoms with Gasteiger partial charge >= 0.3 is 0 Å². The van der Waals surface area contributed by atoms with E-state index in [1.807, 2.05) is 6.92 Å². The second-order valence-electron chi connectivity index (χ2n) is 2.61. The van der Waals surface area contributed by atoms with Gasteiger partial charge in [0.2, 0.25) is 5.89 Å². The van der Waals surface area contributed by atoms with Crippen LogP contribution in [-0.4, -0.2) is 20.4 Å². The molecule has 2 aromatic heterocycles. The summed E-state index contributed by atoms with van der Waals surface area (Å²) in [5.41, 5.74) is 7.04. The number of aromatic amines is 1. The van der Waals surface area contributed by atoms with Crippen LogP contribution < -0.4 is 5.73 Å². The Morgan fingerprint density at radius 1 is 1.54 bits per heavy atom. The van der Waals surface area contributed by atoms with Crippen molar-refractivity contribution in [3.63, 3.8) is 0 Å². The van der Waals surface area contributed by atoms with Gasteiger partial charge < -0.3 is 10.2 Å². The van der Waals surface area contributed by atoms with Crippen LogP contribution in [0, 0.1) is 6.92 Å². The van der Waals surface area contributed by atoms with E-state index in [4.69, 9.17) is 10.2 Å². The van der Waals surface area contributed by atoms with Gasteiger partial charge in [0.15, 0.2) is 0 Å². The van der Waals surface area contributed by atoms with Gasteiger partial charge in [0.1, 0.15) is 0 Å². The van der Waals surface area contributed by atoms with Crippen LogP contribution in [0.15, 0.2) is 10.6 Å². The fraction of sp³-hybridized carbons (Fsp3) is 0.286. The molecule has 2 heterocycles. The third kappa shape index (κ3) is 1.31. The SMILES string of the molecule is Cc1[nH]ncc1-c1nnc(CN)o1. The van der Waals surface area contributed by atoms with Gasteiger partial charge in [-0.3, -0.25) is 5.10 Å². The normalized spacial score (nSPS) is 10.6. The van der Waals surface area contributed by atoms with E-state index in [1.165, 1.54) is 0 Å². The molecule has 6 nitrogen and oxygen atoms in total. The summed E-state index contributed by atoms with van der Waals surface area (Å²) in [6.07, 6.45) is 1.64. The molecular weight excluding hydrogens is 170 g/mol. The molecule has 0 saturated heterocycles. The molecule has 0 spiro atoms. The molecule has 68 valence electrons. The van der Waals surface area contributed by atoms with Crippen molar-refractivity contribution in [2.75, 3.05) is 0 Å². The van der Waals surface area contributed by atoms with Crippen LogP contribution in [0.5, 0.6) is 0 Å². The maximum absolute atomic E-state index is 5.33. The molecule has 13 heavy (non-hydrogen) atoms. The summed E-state index contributed by atoms with van der Waals surface area (Å²) in [5, 5.41) is 14.2. The van der Waals surface area contributed by atoms with E-state index in [0.29, 0.717) is 11.8 Å². The van der Waals surface area contributed by atoms with E-state index in [0.717, 1.165) is 11.3 Å². The molecule has 0 aliphatic carbocycles. The van der Waals surface area contributed by atoms with E-state index in [1.54, 1.807) is 6.20 Å². The molecule has 6 heteroatoms. The van der Waals surface area contributed by atoms with Crippen LogP contribution in [0.1, 0.15) is 11.6 Å². The Kier molecular flexibility index (Phi) is 1.82. The van der Waals surface area contributed by atoms with Crippen LogP contribution in [0.3, 0.4) is 0 Å². The van der Waals surface area contributed by atoms with Crippen molar-refractivity contribution in [1.82, 2.24) is 20.4 Å². The first-order valence-corrected chi connectivity index (χ1v) is 3.84. The number of aryl methyl sites for hydroxylation is 1. The van der Waals surface area contributed by atoms with Crippen molar-refractivity contribution >= 4 is 0 Å². The highest BCUT2D eigenvalue weighted by atomic mass is 16.4. The summed E-state index contributed by atoms with van der Waals surface area (Å²) < 4.78 is 5.25. The van der Waals surface area contributed by atoms with Crippen molar-refractivity contribution in [2.45, 2.75) is 13.5 Å². The van der Waals surface area contributed by atoms with Crippen LogP contribution in [-0.2, 0) is 6.54 Å². The minimum absolute atomic E-state index is 0.254. The number of aromatic nitrogens is 4. The number of H-pyrrole nitrogens is 1. The van der Waals surface area contributed by atoms with Gasteiger partial charge in [-0.2, -0.15) is 5.10 Å². The Labute approximate surface area is 74.2 Å². The summed E-state index contributed by atoms with van der Waals surface area (Å²) in [7, 11) is 0. The maximum atomic E-state index is 5.33. The average molecular weight is 179 g/mol. The lowest BCUT2D eigenvalue weighted by atomic mass is 10.3. The molecule has 0 saturated carbocycles. The molecule has 0 bridgehead atoms. The molecule has 0 amide bonds. The van der Waals surface area contributed by atoms with E-state index in [9.17, 15) is 0 Å². The van der Waals surface area contributed by atoms with Crippen LogP contribution >= 0.6 is 0 Å². The van der Waals surface area contributed by atoms with Crippen molar-refractivity contribution in [3.8, 4) is 11.5 Å². The number of hydrogen-bond donors (Lipinski definition) is 2. The predicted octanol–water partition coefficient (Wildman–Crippen LogP) is 0.227. The first kappa shape index (κ1) is 7.93. The minimum Gasteiger partial charge on any atom is -0.419 e. The Balaban J connectivity index is 2.41. The summed E-state index contributed by atoms with van der Waals surface area (Å²) in [4.78, 5) is 0. The molecule has 3 N–H and O–H groups in total. The maximum Gasteiger partial charge on any atom is 0.251 e. The Bertz CT molecular complexity index is 404. The zero-order valence-corrected chi connectivity index (χ0v) is 7.11. The van der Waals surface area contributed by atoms with Crippen molar-refractivity contribution in [2.24, 2.45) is 5.73 Å².